The van der Waals surface area contributed by atoms with E-state index in [0.29, 0.717) is 0 Å². The van der Waals surface area contributed by atoms with E-state index >= 15 is 0 Å². The zero-order valence-corrected chi connectivity index (χ0v) is 19.1. The number of aromatic nitrogens is 1. The largest absolute Gasteiger partial charge is 0.481 e. The lowest BCUT2D eigenvalue weighted by atomic mass is 9.91. The molecule has 2 aliphatic carbocycles. The van der Waals surface area contributed by atoms with E-state index in [9.17, 15) is 19.5 Å². The normalized spacial score (nSPS) is 16.0. The van der Waals surface area contributed by atoms with E-state index in [-0.39, 0.29) is 36.4 Å². The number of aliphatic carboxylic acids is 1. The Morgan fingerprint density at radius 3 is 2.31 bits per heavy atom. The molecule has 0 spiro atoms. The minimum absolute atomic E-state index is 0.0428. The number of rotatable bonds is 8. The summed E-state index contributed by atoms with van der Waals surface area (Å²) in [5.74, 6) is -1.58. The monoisotopic (exact) mass is 475 g/mol. The molecule has 0 saturated heterocycles. The fourth-order valence-corrected chi connectivity index (χ4v) is 4.82. The Morgan fingerprint density at radius 2 is 1.71 bits per heavy atom. The summed E-state index contributed by atoms with van der Waals surface area (Å²) >= 11 is 0. The number of carboxylic acids is 1. The maximum atomic E-state index is 12.6. The topological polar surface area (TPSA) is 131 Å². The summed E-state index contributed by atoms with van der Waals surface area (Å²) < 4.78 is 10.5. The predicted molar refractivity (Wildman–Crippen MR) is 126 cm³/mol. The molecule has 180 valence electrons. The number of amides is 2. The second kappa shape index (κ2) is 8.90. The molecule has 0 bridgehead atoms. The molecule has 1 fully saturated rings. The Kier molecular flexibility index (Phi) is 5.76. The van der Waals surface area contributed by atoms with Crippen molar-refractivity contribution in [1.29, 1.82) is 0 Å². The molecule has 1 aromatic heterocycles. The number of benzene rings is 2. The zero-order valence-electron chi connectivity index (χ0n) is 19.1. The van der Waals surface area contributed by atoms with E-state index in [4.69, 9.17) is 9.26 Å². The molecule has 2 aliphatic rings. The van der Waals surface area contributed by atoms with E-state index in [1.807, 2.05) is 36.4 Å². The molecule has 2 aromatic carbocycles. The summed E-state index contributed by atoms with van der Waals surface area (Å²) in [4.78, 5) is 36.3. The van der Waals surface area contributed by atoms with Gasteiger partial charge in [-0.25, -0.2) is 4.79 Å². The number of carboxylic acid groups (broad SMARTS) is 1. The first kappa shape index (κ1) is 22.6. The van der Waals surface area contributed by atoms with Gasteiger partial charge in [-0.1, -0.05) is 53.7 Å². The summed E-state index contributed by atoms with van der Waals surface area (Å²) in [5.41, 5.74) is 3.52. The van der Waals surface area contributed by atoms with E-state index in [1.54, 1.807) is 6.92 Å². The third kappa shape index (κ3) is 4.62. The van der Waals surface area contributed by atoms with Crippen molar-refractivity contribution in [2.24, 2.45) is 5.92 Å². The first-order chi connectivity index (χ1) is 16.8. The Morgan fingerprint density at radius 1 is 1.09 bits per heavy atom. The molecule has 3 aromatic rings. The van der Waals surface area contributed by atoms with Gasteiger partial charge in [0, 0.05) is 12.0 Å². The maximum absolute atomic E-state index is 12.6. The standard InChI is InChI=1S/C26H25N3O6/c1-26(13-23(30)31,15-10-11-15)28-24(32)21-12-22(35-29-21)27-25(33)34-14-20-18-8-4-2-6-16(18)17-7-3-5-9-19(17)20/h2-9,12,15,20H,10-11,13-14H2,1H3,(H,27,33)(H,28,32)(H,30,31). The number of anilines is 1. The average molecular weight is 476 g/mol. The van der Waals surface area contributed by atoms with Crippen LogP contribution in [0.3, 0.4) is 0 Å². The summed E-state index contributed by atoms with van der Waals surface area (Å²) in [6.45, 7) is 1.85. The van der Waals surface area contributed by atoms with Gasteiger partial charge < -0.3 is 19.7 Å². The van der Waals surface area contributed by atoms with Crippen LogP contribution in [0.4, 0.5) is 10.7 Å². The van der Waals surface area contributed by atoms with Crippen molar-refractivity contribution in [2.75, 3.05) is 11.9 Å². The van der Waals surface area contributed by atoms with Gasteiger partial charge in [-0.15, -0.1) is 0 Å². The lowest BCUT2D eigenvalue weighted by molar-refractivity contribution is -0.138. The van der Waals surface area contributed by atoms with Gasteiger partial charge in [0.25, 0.3) is 5.91 Å². The first-order valence-corrected chi connectivity index (χ1v) is 11.5. The Balaban J connectivity index is 1.20. The van der Waals surface area contributed by atoms with Crippen LogP contribution >= 0.6 is 0 Å². The molecule has 5 rings (SSSR count). The molecule has 1 atom stereocenters. The highest BCUT2D eigenvalue weighted by Crippen LogP contribution is 2.44. The molecule has 0 radical (unpaired) electrons. The average Bonchev–Trinajstić information content (AvgIpc) is 3.51. The van der Waals surface area contributed by atoms with Gasteiger partial charge in [-0.2, -0.15) is 0 Å². The molecule has 1 saturated carbocycles. The van der Waals surface area contributed by atoms with E-state index in [1.165, 1.54) is 6.07 Å². The number of hydrogen-bond acceptors (Lipinski definition) is 6. The van der Waals surface area contributed by atoms with Crippen LogP contribution in [0, 0.1) is 5.92 Å². The van der Waals surface area contributed by atoms with Crippen LogP contribution in [0.2, 0.25) is 0 Å². The van der Waals surface area contributed by atoms with Gasteiger partial charge in [0.15, 0.2) is 5.69 Å². The van der Waals surface area contributed by atoms with Gasteiger partial charge in [0.1, 0.15) is 6.61 Å². The molecule has 0 aliphatic heterocycles. The van der Waals surface area contributed by atoms with Crippen molar-refractivity contribution in [3.8, 4) is 11.1 Å². The van der Waals surface area contributed by atoms with Crippen LogP contribution < -0.4 is 10.6 Å². The Bertz CT molecular complexity index is 1250. The van der Waals surface area contributed by atoms with Crippen molar-refractivity contribution in [3.05, 3.63) is 71.4 Å². The van der Waals surface area contributed by atoms with Crippen LogP contribution in [-0.2, 0) is 9.53 Å². The van der Waals surface area contributed by atoms with Gasteiger partial charge in [0.05, 0.1) is 12.0 Å². The van der Waals surface area contributed by atoms with E-state index < -0.39 is 23.5 Å². The van der Waals surface area contributed by atoms with Crippen molar-refractivity contribution >= 4 is 23.9 Å². The smallest absolute Gasteiger partial charge is 0.414 e. The molecular weight excluding hydrogens is 450 g/mol. The molecule has 1 heterocycles. The van der Waals surface area contributed by atoms with Crippen LogP contribution in [0.5, 0.6) is 0 Å². The Labute approximate surface area is 201 Å². The highest BCUT2D eigenvalue weighted by atomic mass is 16.6. The number of carbonyl (C=O) groups excluding carboxylic acids is 2. The number of nitrogens with zero attached hydrogens (tertiary/aromatic N) is 1. The van der Waals surface area contributed by atoms with Gasteiger partial charge in [-0.05, 0) is 47.9 Å². The second-order valence-electron chi connectivity index (χ2n) is 9.24. The minimum Gasteiger partial charge on any atom is -0.481 e. The lowest BCUT2D eigenvalue weighted by Gasteiger charge is -2.28. The number of fused-ring (bicyclic) bond motifs is 3. The third-order valence-electron chi connectivity index (χ3n) is 6.71. The second-order valence-corrected chi connectivity index (χ2v) is 9.24. The van der Waals surface area contributed by atoms with Crippen LogP contribution in [-0.4, -0.2) is 40.4 Å². The van der Waals surface area contributed by atoms with E-state index in [0.717, 1.165) is 35.1 Å². The molecular formula is C26H25N3O6. The highest BCUT2D eigenvalue weighted by Gasteiger charge is 2.44. The fourth-order valence-electron chi connectivity index (χ4n) is 4.82. The lowest BCUT2D eigenvalue weighted by Crippen LogP contribution is -2.49. The molecule has 3 N–H and O–H groups in total. The third-order valence-corrected chi connectivity index (χ3v) is 6.71. The van der Waals surface area contributed by atoms with Crippen LogP contribution in [0.1, 0.15) is 53.7 Å². The van der Waals surface area contributed by atoms with Crippen molar-refractivity contribution in [2.45, 2.75) is 37.6 Å². The minimum atomic E-state index is -0.988. The molecule has 2 amide bonds. The molecule has 35 heavy (non-hydrogen) atoms. The van der Waals surface area contributed by atoms with E-state index in [2.05, 4.69) is 27.9 Å². The summed E-state index contributed by atoms with van der Waals surface area (Å²) in [6, 6.07) is 17.3. The number of hydrogen-bond donors (Lipinski definition) is 3. The fraction of sp³-hybridized carbons (Fsp3) is 0.308. The van der Waals surface area contributed by atoms with Gasteiger partial charge in [-0.3, -0.25) is 14.9 Å². The Hall–Kier alpha value is -4.14. The van der Waals surface area contributed by atoms with Gasteiger partial charge >= 0.3 is 12.1 Å². The molecule has 1 unspecified atom stereocenters. The predicted octanol–water partition coefficient (Wildman–Crippen LogP) is 4.41. The summed E-state index contributed by atoms with van der Waals surface area (Å²) in [7, 11) is 0. The quantitative estimate of drug-likeness (QED) is 0.440. The molecule has 9 nitrogen and oxygen atoms in total. The SMILES string of the molecule is CC(CC(=O)O)(NC(=O)c1cc(NC(=O)OCC2c3ccccc3-c3ccccc32)on1)C1CC1. The van der Waals surface area contributed by atoms with Crippen molar-refractivity contribution in [1.82, 2.24) is 10.5 Å². The van der Waals surface area contributed by atoms with Gasteiger partial charge in [0.2, 0.25) is 5.88 Å². The number of carbonyl (C=O) groups is 3. The van der Waals surface area contributed by atoms with Crippen molar-refractivity contribution in [3.63, 3.8) is 0 Å². The van der Waals surface area contributed by atoms with Crippen LogP contribution in [0.15, 0.2) is 59.1 Å². The maximum Gasteiger partial charge on any atom is 0.414 e. The summed E-state index contributed by atoms with van der Waals surface area (Å²) in [5, 5.41) is 18.1. The highest BCUT2D eigenvalue weighted by molar-refractivity contribution is 5.94. The zero-order chi connectivity index (χ0) is 24.6. The van der Waals surface area contributed by atoms with Crippen LogP contribution in [0.25, 0.3) is 11.1 Å². The number of nitrogens with one attached hydrogen (secondary N) is 2. The molecule has 9 heteroatoms. The number of ether oxygens (including phenoxy) is 1. The summed E-state index contributed by atoms with van der Waals surface area (Å²) in [6.07, 6.45) is 0.796. The van der Waals surface area contributed by atoms with Crippen molar-refractivity contribution < 1.29 is 28.8 Å². The first-order valence-electron chi connectivity index (χ1n) is 11.5.